The van der Waals surface area contributed by atoms with E-state index in [0.717, 1.165) is 29.0 Å². The van der Waals surface area contributed by atoms with Gasteiger partial charge in [-0.1, -0.05) is 6.92 Å². The number of rotatable bonds is 2. The van der Waals surface area contributed by atoms with Gasteiger partial charge in [-0.25, -0.2) is 9.97 Å². The Kier molecular flexibility index (Phi) is 3.35. The van der Waals surface area contributed by atoms with Crippen molar-refractivity contribution in [2.24, 2.45) is 5.41 Å². The van der Waals surface area contributed by atoms with E-state index in [-0.39, 0.29) is 5.41 Å². The van der Waals surface area contributed by atoms with Crippen LogP contribution >= 0.6 is 34.2 Å². The van der Waals surface area contributed by atoms with Crippen molar-refractivity contribution in [2.45, 2.75) is 13.3 Å². The Balaban J connectivity index is 2.11. The lowest BCUT2D eigenvalue weighted by atomic mass is 9.93. The molecule has 1 saturated heterocycles. The number of nitrogens with zero attached hydrogens (tertiary/aromatic N) is 3. The van der Waals surface area contributed by atoms with Crippen LogP contribution in [0.4, 0.5) is 5.95 Å². The Bertz CT molecular complexity index is 343. The van der Waals surface area contributed by atoms with Crippen LogP contribution < -0.4 is 4.90 Å². The zero-order valence-corrected chi connectivity index (χ0v) is 11.5. The van der Waals surface area contributed by atoms with Crippen molar-refractivity contribution in [3.8, 4) is 0 Å². The highest BCUT2D eigenvalue weighted by Gasteiger charge is 2.33. The summed E-state index contributed by atoms with van der Waals surface area (Å²) in [6.07, 6.45) is 4.81. The predicted octanol–water partition coefficient (Wildman–Crippen LogP) is 2.54. The molecule has 1 aliphatic rings. The fraction of sp³-hybridized carbons (Fsp3) is 0.600. The first kappa shape index (κ1) is 11.4. The molecule has 1 atom stereocenters. The van der Waals surface area contributed by atoms with Gasteiger partial charge in [0, 0.05) is 40.3 Å². The van der Waals surface area contributed by atoms with E-state index in [1.807, 2.05) is 12.4 Å². The number of anilines is 1. The van der Waals surface area contributed by atoms with Gasteiger partial charge in [0.15, 0.2) is 0 Å². The monoisotopic (exact) mass is 337 g/mol. The molecule has 5 heteroatoms. The number of halogens is 2. The van der Waals surface area contributed by atoms with Crippen molar-refractivity contribution in [3.05, 3.63) is 16.0 Å². The molecule has 3 nitrogen and oxygen atoms in total. The maximum Gasteiger partial charge on any atom is 0.225 e. The SMILES string of the molecule is CC1(CCl)CCN(c2ncc(I)cn2)C1. The van der Waals surface area contributed by atoms with Gasteiger partial charge in [-0.2, -0.15) is 0 Å². The van der Waals surface area contributed by atoms with Crippen molar-refractivity contribution in [1.82, 2.24) is 9.97 Å². The fourth-order valence-electron chi connectivity index (χ4n) is 1.77. The van der Waals surface area contributed by atoms with Crippen LogP contribution in [0.25, 0.3) is 0 Å². The van der Waals surface area contributed by atoms with Gasteiger partial charge >= 0.3 is 0 Å². The van der Waals surface area contributed by atoms with Crippen LogP contribution in [0.3, 0.4) is 0 Å². The van der Waals surface area contributed by atoms with E-state index in [9.17, 15) is 0 Å². The summed E-state index contributed by atoms with van der Waals surface area (Å²) < 4.78 is 1.07. The van der Waals surface area contributed by atoms with Gasteiger partial charge in [-0.05, 0) is 29.0 Å². The van der Waals surface area contributed by atoms with Crippen LogP contribution in [0.15, 0.2) is 12.4 Å². The van der Waals surface area contributed by atoms with E-state index in [2.05, 4.69) is 44.4 Å². The highest BCUT2D eigenvalue weighted by atomic mass is 127. The molecule has 0 amide bonds. The van der Waals surface area contributed by atoms with Gasteiger partial charge in [-0.15, -0.1) is 11.6 Å². The average Bonchev–Trinajstić information content (AvgIpc) is 2.63. The molecular formula is C10H13ClIN3. The van der Waals surface area contributed by atoms with Gasteiger partial charge in [0.25, 0.3) is 0 Å². The molecule has 0 spiro atoms. The Morgan fingerprint density at radius 3 is 2.73 bits per heavy atom. The largest absolute Gasteiger partial charge is 0.340 e. The Labute approximate surface area is 108 Å². The van der Waals surface area contributed by atoms with E-state index < -0.39 is 0 Å². The Morgan fingerprint density at radius 2 is 2.20 bits per heavy atom. The van der Waals surface area contributed by atoms with Gasteiger partial charge in [0.1, 0.15) is 0 Å². The summed E-state index contributed by atoms with van der Waals surface area (Å²) in [7, 11) is 0. The molecule has 0 radical (unpaired) electrons. The highest BCUT2D eigenvalue weighted by molar-refractivity contribution is 14.1. The van der Waals surface area contributed by atoms with Crippen LogP contribution in [0, 0.1) is 8.99 Å². The van der Waals surface area contributed by atoms with Crippen molar-refractivity contribution in [1.29, 1.82) is 0 Å². The molecule has 1 unspecified atom stereocenters. The van der Waals surface area contributed by atoms with Crippen molar-refractivity contribution in [2.75, 3.05) is 23.9 Å². The molecule has 2 heterocycles. The number of hydrogen-bond acceptors (Lipinski definition) is 3. The highest BCUT2D eigenvalue weighted by Crippen LogP contribution is 2.32. The van der Waals surface area contributed by atoms with E-state index in [1.165, 1.54) is 0 Å². The third-order valence-electron chi connectivity index (χ3n) is 2.77. The topological polar surface area (TPSA) is 29.0 Å². The van der Waals surface area contributed by atoms with E-state index in [4.69, 9.17) is 11.6 Å². The first-order valence-corrected chi connectivity index (χ1v) is 6.53. The quantitative estimate of drug-likeness (QED) is 0.613. The molecule has 1 aromatic rings. The molecular weight excluding hydrogens is 324 g/mol. The van der Waals surface area contributed by atoms with Gasteiger partial charge in [0.05, 0.1) is 0 Å². The molecule has 0 bridgehead atoms. The van der Waals surface area contributed by atoms with Crippen molar-refractivity contribution >= 4 is 40.1 Å². The summed E-state index contributed by atoms with van der Waals surface area (Å²) in [6.45, 7) is 4.17. The number of alkyl halides is 1. The minimum atomic E-state index is 0.216. The van der Waals surface area contributed by atoms with Crippen LogP contribution in [0.5, 0.6) is 0 Å². The van der Waals surface area contributed by atoms with Crippen molar-refractivity contribution < 1.29 is 0 Å². The summed E-state index contributed by atoms with van der Waals surface area (Å²) in [4.78, 5) is 10.9. The van der Waals surface area contributed by atoms with Gasteiger partial charge < -0.3 is 4.90 Å². The number of hydrogen-bond donors (Lipinski definition) is 0. The van der Waals surface area contributed by atoms with Crippen LogP contribution in [-0.4, -0.2) is 28.9 Å². The first-order chi connectivity index (χ1) is 7.13. The second-order valence-electron chi connectivity index (χ2n) is 4.32. The summed E-state index contributed by atoms with van der Waals surface area (Å²) >= 11 is 8.17. The molecule has 1 aliphatic heterocycles. The van der Waals surface area contributed by atoms with Gasteiger partial charge in [-0.3, -0.25) is 0 Å². The summed E-state index contributed by atoms with van der Waals surface area (Å²) in [6, 6.07) is 0. The molecule has 1 aromatic heterocycles. The lowest BCUT2D eigenvalue weighted by Gasteiger charge is -2.21. The fourth-order valence-corrected chi connectivity index (χ4v) is 2.27. The van der Waals surface area contributed by atoms with Crippen molar-refractivity contribution in [3.63, 3.8) is 0 Å². The lowest BCUT2D eigenvalue weighted by Crippen LogP contribution is -2.27. The second-order valence-corrected chi connectivity index (χ2v) is 5.83. The molecule has 0 aromatic carbocycles. The number of aromatic nitrogens is 2. The zero-order valence-electron chi connectivity index (χ0n) is 8.58. The van der Waals surface area contributed by atoms with E-state index >= 15 is 0 Å². The summed E-state index contributed by atoms with van der Waals surface area (Å²) in [5.41, 5.74) is 0.216. The Hall–Kier alpha value is -0.100. The maximum atomic E-state index is 5.96. The van der Waals surface area contributed by atoms with Gasteiger partial charge in [0.2, 0.25) is 5.95 Å². The van der Waals surface area contributed by atoms with Crippen LogP contribution in [-0.2, 0) is 0 Å². The zero-order chi connectivity index (χ0) is 10.9. The predicted molar refractivity (Wildman–Crippen MR) is 70.4 cm³/mol. The molecule has 0 N–H and O–H groups in total. The third-order valence-corrected chi connectivity index (χ3v) is 3.97. The molecule has 0 saturated carbocycles. The molecule has 0 aliphatic carbocycles. The smallest absolute Gasteiger partial charge is 0.225 e. The molecule has 1 fully saturated rings. The normalized spacial score (nSPS) is 25.9. The third kappa shape index (κ3) is 2.53. The van der Waals surface area contributed by atoms with Crippen LogP contribution in [0.1, 0.15) is 13.3 Å². The van der Waals surface area contributed by atoms with E-state index in [1.54, 1.807) is 0 Å². The molecule has 15 heavy (non-hydrogen) atoms. The van der Waals surface area contributed by atoms with E-state index in [0.29, 0.717) is 5.88 Å². The lowest BCUT2D eigenvalue weighted by molar-refractivity contribution is 0.425. The summed E-state index contributed by atoms with van der Waals surface area (Å²) in [5, 5.41) is 0. The molecule has 2 rings (SSSR count). The standard InChI is InChI=1S/C10H13ClIN3/c1-10(6-11)2-3-15(7-10)9-13-4-8(12)5-14-9/h4-5H,2-3,6-7H2,1H3. The first-order valence-electron chi connectivity index (χ1n) is 4.91. The molecule has 82 valence electrons. The van der Waals surface area contributed by atoms with Crippen LogP contribution in [0.2, 0.25) is 0 Å². The second kappa shape index (κ2) is 4.41. The summed E-state index contributed by atoms with van der Waals surface area (Å²) in [5.74, 6) is 1.53. The maximum absolute atomic E-state index is 5.96. The Morgan fingerprint density at radius 1 is 1.53 bits per heavy atom. The minimum Gasteiger partial charge on any atom is -0.340 e. The minimum absolute atomic E-state index is 0.216. The average molecular weight is 338 g/mol.